The van der Waals surface area contributed by atoms with Crippen molar-refractivity contribution in [2.45, 2.75) is 44.2 Å². The molecule has 2 aliphatic rings. The monoisotopic (exact) mass is 527 g/mol. The molecule has 3 atom stereocenters. The second-order valence-electron chi connectivity index (χ2n) is 10.5. The van der Waals surface area contributed by atoms with Crippen molar-refractivity contribution >= 4 is 46.0 Å². The van der Waals surface area contributed by atoms with E-state index in [1.54, 1.807) is 24.3 Å². The highest BCUT2D eigenvalue weighted by molar-refractivity contribution is 6.40. The fourth-order valence-corrected chi connectivity index (χ4v) is 5.57. The van der Waals surface area contributed by atoms with Gasteiger partial charge in [0.05, 0.1) is 17.0 Å². The van der Waals surface area contributed by atoms with Crippen molar-refractivity contribution < 1.29 is 19.2 Å². The van der Waals surface area contributed by atoms with Crippen LogP contribution in [0.1, 0.15) is 32.3 Å². The number of nitrogens with zero attached hydrogens (tertiary/aromatic N) is 4. The first-order valence-corrected chi connectivity index (χ1v) is 12.8. The highest BCUT2D eigenvalue weighted by Gasteiger charge is 2.56. The molecular weight excluding hydrogens is 498 g/mol. The van der Waals surface area contributed by atoms with Crippen LogP contribution < -0.4 is 10.6 Å². The van der Waals surface area contributed by atoms with Crippen molar-refractivity contribution in [3.8, 4) is 6.07 Å². The number of anilines is 2. The molecule has 0 saturated carbocycles. The van der Waals surface area contributed by atoms with E-state index in [1.807, 2.05) is 38.1 Å². The van der Waals surface area contributed by atoms with E-state index in [0.29, 0.717) is 16.6 Å². The fourth-order valence-electron chi connectivity index (χ4n) is 5.57. The number of amides is 4. The van der Waals surface area contributed by atoms with Crippen molar-refractivity contribution in [3.63, 3.8) is 0 Å². The van der Waals surface area contributed by atoms with Gasteiger partial charge in [-0.05, 0) is 36.1 Å². The highest BCUT2D eigenvalue weighted by atomic mass is 16.2. The van der Waals surface area contributed by atoms with Crippen molar-refractivity contribution in [2.75, 3.05) is 24.2 Å². The summed E-state index contributed by atoms with van der Waals surface area (Å²) in [6.07, 6.45) is 0.418. The average molecular weight is 528 g/mol. The minimum atomic E-state index is -1.05. The zero-order chi connectivity index (χ0) is 27.9. The molecule has 1 aromatic heterocycles. The van der Waals surface area contributed by atoms with E-state index in [1.165, 1.54) is 11.9 Å². The SMILES string of the molecule is CC(C)C[C@@H](C(=O)N1C[C@]2(C[C@H]1C#N)C(=O)Nc1ccccc12)N(C)C(=O)C(=O)Nc1n[nH]c2ccccc12. The Morgan fingerprint density at radius 3 is 2.67 bits per heavy atom. The Balaban J connectivity index is 1.39. The third-order valence-corrected chi connectivity index (χ3v) is 7.58. The quantitative estimate of drug-likeness (QED) is 0.434. The summed E-state index contributed by atoms with van der Waals surface area (Å²) >= 11 is 0. The van der Waals surface area contributed by atoms with Gasteiger partial charge in [0.15, 0.2) is 5.82 Å². The number of aromatic amines is 1. The molecule has 0 bridgehead atoms. The first-order valence-electron chi connectivity index (χ1n) is 12.8. The first-order chi connectivity index (χ1) is 18.7. The number of likely N-dealkylation sites (N-methyl/N-ethyl adjacent to an activating group) is 1. The standard InChI is InChI=1S/C28H29N7O4/c1-16(2)12-22(34(3)26(38)24(36)31-23-18-8-4-6-10-20(18)32-33-23)25(37)35-15-28(13-17(35)14-29)19-9-5-7-11-21(19)30-27(28)39/h4-11,16-17,22H,12-13,15H2,1-3H3,(H,30,39)(H2,31,32,33,36)/t17-,22-,28-/m0/s1. The minimum absolute atomic E-state index is 0.000138. The smallest absolute Gasteiger partial charge is 0.315 e. The molecule has 3 aromatic rings. The normalized spacial score (nSPS) is 20.5. The van der Waals surface area contributed by atoms with Crippen molar-refractivity contribution in [3.05, 3.63) is 54.1 Å². The number of hydrogen-bond donors (Lipinski definition) is 3. The molecule has 2 aliphatic heterocycles. The number of aromatic nitrogens is 2. The van der Waals surface area contributed by atoms with E-state index >= 15 is 0 Å². The van der Waals surface area contributed by atoms with E-state index < -0.39 is 35.2 Å². The van der Waals surface area contributed by atoms with Crippen LogP contribution in [-0.2, 0) is 24.6 Å². The largest absolute Gasteiger partial charge is 0.325 e. The van der Waals surface area contributed by atoms with Gasteiger partial charge in [-0.15, -0.1) is 0 Å². The summed E-state index contributed by atoms with van der Waals surface area (Å²) in [4.78, 5) is 55.8. The number of fused-ring (bicyclic) bond motifs is 3. The summed E-state index contributed by atoms with van der Waals surface area (Å²) in [6.45, 7) is 3.82. The maximum atomic E-state index is 14.0. The van der Waals surface area contributed by atoms with Gasteiger partial charge in [-0.3, -0.25) is 24.3 Å². The molecule has 200 valence electrons. The summed E-state index contributed by atoms with van der Waals surface area (Å²) in [7, 11) is 1.40. The molecule has 0 aliphatic carbocycles. The molecule has 4 amide bonds. The second kappa shape index (κ2) is 9.87. The van der Waals surface area contributed by atoms with Crippen LogP contribution in [-0.4, -0.2) is 69.3 Å². The van der Waals surface area contributed by atoms with E-state index in [9.17, 15) is 24.4 Å². The van der Waals surface area contributed by atoms with Gasteiger partial charge in [-0.1, -0.05) is 44.2 Å². The summed E-state index contributed by atoms with van der Waals surface area (Å²) in [5.41, 5.74) is 1.07. The molecule has 3 N–H and O–H groups in total. The molecule has 39 heavy (non-hydrogen) atoms. The van der Waals surface area contributed by atoms with E-state index in [0.717, 1.165) is 10.5 Å². The number of hydrogen-bond acceptors (Lipinski definition) is 6. The Labute approximate surface area is 225 Å². The number of H-pyrrole nitrogens is 1. The summed E-state index contributed by atoms with van der Waals surface area (Å²) in [5, 5.41) is 22.9. The first kappa shape index (κ1) is 25.9. The molecule has 0 radical (unpaired) electrons. The van der Waals surface area contributed by atoms with Crippen molar-refractivity contribution in [1.29, 1.82) is 5.26 Å². The van der Waals surface area contributed by atoms with Gasteiger partial charge in [0.1, 0.15) is 12.1 Å². The third kappa shape index (κ3) is 4.37. The van der Waals surface area contributed by atoms with Crippen LogP contribution in [0.4, 0.5) is 11.5 Å². The Hall–Kier alpha value is -4.72. The molecule has 3 heterocycles. The van der Waals surface area contributed by atoms with Crippen LogP contribution in [0, 0.1) is 17.2 Å². The van der Waals surface area contributed by atoms with Crippen LogP contribution in [0.3, 0.4) is 0 Å². The molecule has 1 spiro atoms. The zero-order valence-corrected chi connectivity index (χ0v) is 21.9. The summed E-state index contributed by atoms with van der Waals surface area (Å²) in [6, 6.07) is 14.7. The van der Waals surface area contributed by atoms with E-state index in [-0.39, 0.29) is 37.0 Å². The lowest BCUT2D eigenvalue weighted by Crippen LogP contribution is -2.53. The number of carbonyl (C=O) groups excluding carboxylic acids is 4. The van der Waals surface area contributed by atoms with Crippen LogP contribution >= 0.6 is 0 Å². The lowest BCUT2D eigenvalue weighted by molar-refractivity contribution is -0.149. The fraction of sp³-hybridized carbons (Fsp3) is 0.357. The van der Waals surface area contributed by atoms with Crippen molar-refractivity contribution in [1.82, 2.24) is 20.0 Å². The van der Waals surface area contributed by atoms with Crippen LogP contribution in [0.15, 0.2) is 48.5 Å². The summed E-state index contributed by atoms with van der Waals surface area (Å²) in [5.74, 6) is -2.36. The predicted molar refractivity (Wildman–Crippen MR) is 143 cm³/mol. The topological polar surface area (TPSA) is 151 Å². The Morgan fingerprint density at radius 2 is 1.92 bits per heavy atom. The van der Waals surface area contributed by atoms with Gasteiger partial charge in [0, 0.05) is 31.1 Å². The van der Waals surface area contributed by atoms with Crippen molar-refractivity contribution in [2.24, 2.45) is 5.92 Å². The number of rotatable bonds is 5. The van der Waals surface area contributed by atoms with Gasteiger partial charge < -0.3 is 20.4 Å². The van der Waals surface area contributed by atoms with Gasteiger partial charge in [-0.25, -0.2) is 0 Å². The highest BCUT2D eigenvalue weighted by Crippen LogP contribution is 2.46. The lowest BCUT2D eigenvalue weighted by atomic mass is 9.80. The zero-order valence-electron chi connectivity index (χ0n) is 21.9. The van der Waals surface area contributed by atoms with Gasteiger partial charge in [0.2, 0.25) is 11.8 Å². The van der Waals surface area contributed by atoms with Crippen LogP contribution in [0.5, 0.6) is 0 Å². The Kier molecular flexibility index (Phi) is 6.56. The maximum Gasteiger partial charge on any atom is 0.315 e. The minimum Gasteiger partial charge on any atom is -0.325 e. The predicted octanol–water partition coefficient (Wildman–Crippen LogP) is 2.39. The molecule has 11 heteroatoms. The molecule has 11 nitrogen and oxygen atoms in total. The lowest BCUT2D eigenvalue weighted by Gasteiger charge is -2.33. The van der Waals surface area contributed by atoms with E-state index in [2.05, 4.69) is 26.9 Å². The number of nitriles is 1. The second-order valence-corrected chi connectivity index (χ2v) is 10.5. The van der Waals surface area contributed by atoms with Gasteiger partial charge >= 0.3 is 11.8 Å². The molecule has 1 saturated heterocycles. The Bertz CT molecular complexity index is 1520. The molecular formula is C28H29N7O4. The molecule has 5 rings (SSSR count). The summed E-state index contributed by atoms with van der Waals surface area (Å²) < 4.78 is 0. The maximum absolute atomic E-state index is 14.0. The number of benzene rings is 2. The van der Waals surface area contributed by atoms with Crippen LogP contribution in [0.25, 0.3) is 10.9 Å². The van der Waals surface area contributed by atoms with E-state index in [4.69, 9.17) is 0 Å². The number of likely N-dealkylation sites (tertiary alicyclic amines) is 1. The molecule has 2 aromatic carbocycles. The number of nitrogens with one attached hydrogen (secondary N) is 3. The number of carbonyl (C=O) groups is 4. The molecule has 1 fully saturated rings. The number of para-hydroxylation sites is 2. The third-order valence-electron chi connectivity index (χ3n) is 7.58. The molecule has 0 unspecified atom stereocenters. The van der Waals surface area contributed by atoms with Gasteiger partial charge in [0.25, 0.3) is 0 Å². The average Bonchev–Trinajstić information content (AvgIpc) is 3.60. The Morgan fingerprint density at radius 1 is 1.21 bits per heavy atom. The van der Waals surface area contributed by atoms with Crippen LogP contribution in [0.2, 0.25) is 0 Å². The van der Waals surface area contributed by atoms with Gasteiger partial charge in [-0.2, -0.15) is 10.4 Å².